The zero-order chi connectivity index (χ0) is 22.1. The molecule has 158 valence electrons. The molecule has 0 saturated carbocycles. The monoisotopic (exact) mass is 426 g/mol. The molecule has 1 fully saturated rings. The molecule has 0 unspecified atom stereocenters. The van der Waals surface area contributed by atoms with Crippen LogP contribution < -0.4 is 4.90 Å². The van der Waals surface area contributed by atoms with E-state index >= 15 is 0 Å². The number of piperazine rings is 1. The van der Waals surface area contributed by atoms with Crippen LogP contribution in [-0.4, -0.2) is 51.9 Å². The summed E-state index contributed by atoms with van der Waals surface area (Å²) in [6.07, 6.45) is 1.70. The van der Waals surface area contributed by atoms with Crippen molar-refractivity contribution in [2.75, 3.05) is 31.1 Å². The van der Waals surface area contributed by atoms with E-state index in [1.165, 1.54) is 12.1 Å². The second kappa shape index (κ2) is 8.12. The van der Waals surface area contributed by atoms with Crippen molar-refractivity contribution in [2.24, 2.45) is 0 Å². The Bertz CT molecular complexity index is 1320. The molecule has 1 aliphatic rings. The van der Waals surface area contributed by atoms with E-state index in [4.69, 9.17) is 5.26 Å². The Labute approximate surface area is 183 Å². The lowest BCUT2D eigenvalue weighted by molar-refractivity contribution is 0.0747. The topological polar surface area (TPSA) is 88.9 Å². The summed E-state index contributed by atoms with van der Waals surface area (Å²) < 4.78 is 13.2. The van der Waals surface area contributed by atoms with Gasteiger partial charge in [-0.3, -0.25) is 4.79 Å². The van der Waals surface area contributed by atoms with Crippen LogP contribution in [0, 0.1) is 17.1 Å². The first kappa shape index (κ1) is 19.7. The van der Waals surface area contributed by atoms with Crippen molar-refractivity contribution in [3.05, 3.63) is 77.9 Å². The normalized spacial score (nSPS) is 13.9. The van der Waals surface area contributed by atoms with E-state index in [1.54, 1.807) is 30.5 Å². The minimum Gasteiger partial charge on any atom is -0.367 e. The third kappa shape index (κ3) is 3.76. The van der Waals surface area contributed by atoms with Crippen LogP contribution in [0.25, 0.3) is 22.4 Å². The molecule has 0 spiro atoms. The zero-order valence-electron chi connectivity index (χ0n) is 17.1. The summed E-state index contributed by atoms with van der Waals surface area (Å²) in [5.74, 6) is 0.310. The molecule has 3 heterocycles. The summed E-state index contributed by atoms with van der Waals surface area (Å²) in [5.41, 5.74) is 4.23. The molecule has 8 heteroatoms. The van der Waals surface area contributed by atoms with Gasteiger partial charge in [0.05, 0.1) is 22.9 Å². The number of anilines is 1. The number of carbonyl (C=O) groups excluding carboxylic acids is 1. The number of aromatic amines is 1. The van der Waals surface area contributed by atoms with E-state index in [2.05, 4.69) is 19.9 Å². The van der Waals surface area contributed by atoms with Gasteiger partial charge in [0.1, 0.15) is 23.4 Å². The predicted octanol–water partition coefficient (Wildman–Crippen LogP) is 3.60. The van der Waals surface area contributed by atoms with E-state index < -0.39 is 0 Å². The number of H-pyrrole nitrogens is 1. The zero-order valence-corrected chi connectivity index (χ0v) is 17.1. The largest absolute Gasteiger partial charge is 0.367 e. The molecule has 1 N–H and O–H groups in total. The van der Waals surface area contributed by atoms with Crippen molar-refractivity contribution in [1.29, 1.82) is 5.26 Å². The Kier molecular flexibility index (Phi) is 5.00. The fraction of sp³-hybridized carbons (Fsp3) is 0.167. The SMILES string of the molecule is N#Cc1ccc(N2CCN(C(=O)c3ccc4nc(-c5ccc(F)cc5)[nH]c4c3)CC2)cn1. The number of amides is 1. The number of nitrogens with zero attached hydrogens (tertiary/aromatic N) is 5. The van der Waals surface area contributed by atoms with Crippen molar-refractivity contribution in [2.45, 2.75) is 0 Å². The van der Waals surface area contributed by atoms with E-state index in [1.807, 2.05) is 29.2 Å². The number of benzene rings is 2. The molecular weight excluding hydrogens is 407 g/mol. The molecule has 0 bridgehead atoms. The Morgan fingerprint density at radius 1 is 1.03 bits per heavy atom. The first-order chi connectivity index (χ1) is 15.6. The van der Waals surface area contributed by atoms with Gasteiger partial charge in [0.2, 0.25) is 0 Å². The van der Waals surface area contributed by atoms with Gasteiger partial charge in [0.15, 0.2) is 0 Å². The number of aromatic nitrogens is 3. The quantitative estimate of drug-likeness (QED) is 0.541. The van der Waals surface area contributed by atoms with Crippen molar-refractivity contribution in [3.63, 3.8) is 0 Å². The van der Waals surface area contributed by atoms with Gasteiger partial charge in [-0.2, -0.15) is 5.26 Å². The maximum absolute atomic E-state index is 13.2. The van der Waals surface area contributed by atoms with Crippen LogP contribution in [0.15, 0.2) is 60.8 Å². The number of pyridine rings is 1. The molecule has 4 aromatic rings. The number of nitriles is 1. The predicted molar refractivity (Wildman–Crippen MR) is 119 cm³/mol. The van der Waals surface area contributed by atoms with Gasteiger partial charge < -0.3 is 14.8 Å². The van der Waals surface area contributed by atoms with Crippen molar-refractivity contribution >= 4 is 22.6 Å². The number of nitrogens with one attached hydrogen (secondary N) is 1. The highest BCUT2D eigenvalue weighted by atomic mass is 19.1. The van der Waals surface area contributed by atoms with E-state index in [-0.39, 0.29) is 11.7 Å². The molecule has 32 heavy (non-hydrogen) atoms. The lowest BCUT2D eigenvalue weighted by Crippen LogP contribution is -2.48. The standard InChI is InChI=1S/C24H19FN6O/c25-18-4-1-16(2-5-18)23-28-21-8-3-17(13-22(21)29-23)24(32)31-11-9-30(10-12-31)20-7-6-19(14-26)27-15-20/h1-8,13,15H,9-12H2,(H,28,29). The van der Waals surface area contributed by atoms with Crippen LogP contribution in [0.5, 0.6) is 0 Å². The molecule has 1 saturated heterocycles. The van der Waals surface area contributed by atoms with Crippen LogP contribution in [-0.2, 0) is 0 Å². The molecule has 7 nitrogen and oxygen atoms in total. The van der Waals surface area contributed by atoms with E-state index in [0.717, 1.165) is 22.3 Å². The van der Waals surface area contributed by atoms with Crippen LogP contribution >= 0.6 is 0 Å². The molecule has 1 amide bonds. The Morgan fingerprint density at radius 3 is 2.50 bits per heavy atom. The summed E-state index contributed by atoms with van der Waals surface area (Å²) in [5, 5.41) is 8.89. The molecule has 0 atom stereocenters. The third-order valence-corrected chi connectivity index (χ3v) is 5.64. The number of rotatable bonds is 3. The minimum absolute atomic E-state index is 0.0255. The highest BCUT2D eigenvalue weighted by molar-refractivity contribution is 5.97. The number of hydrogen-bond donors (Lipinski definition) is 1. The molecule has 2 aromatic heterocycles. The molecule has 2 aromatic carbocycles. The van der Waals surface area contributed by atoms with E-state index in [9.17, 15) is 9.18 Å². The highest BCUT2D eigenvalue weighted by Crippen LogP contribution is 2.23. The van der Waals surface area contributed by atoms with Gasteiger partial charge in [0, 0.05) is 37.3 Å². The Morgan fingerprint density at radius 2 is 1.81 bits per heavy atom. The number of carbonyl (C=O) groups is 1. The smallest absolute Gasteiger partial charge is 0.254 e. The van der Waals surface area contributed by atoms with Gasteiger partial charge in [-0.1, -0.05) is 0 Å². The van der Waals surface area contributed by atoms with Crippen molar-refractivity contribution in [1.82, 2.24) is 19.9 Å². The Hall–Kier alpha value is -4.25. The van der Waals surface area contributed by atoms with E-state index in [0.29, 0.717) is 43.3 Å². The molecule has 5 rings (SSSR count). The summed E-state index contributed by atoms with van der Waals surface area (Å²) in [6, 6.07) is 17.2. The Balaban J connectivity index is 1.29. The third-order valence-electron chi connectivity index (χ3n) is 5.64. The van der Waals surface area contributed by atoms with Gasteiger partial charge in [0.25, 0.3) is 5.91 Å². The minimum atomic E-state index is -0.298. The fourth-order valence-electron chi connectivity index (χ4n) is 3.88. The first-order valence-corrected chi connectivity index (χ1v) is 10.3. The average molecular weight is 426 g/mol. The average Bonchev–Trinajstić information content (AvgIpc) is 3.27. The molecular formula is C24H19FN6O. The summed E-state index contributed by atoms with van der Waals surface area (Å²) in [6.45, 7) is 2.59. The second-order valence-corrected chi connectivity index (χ2v) is 7.62. The molecule has 0 radical (unpaired) electrons. The van der Waals surface area contributed by atoms with Crippen molar-refractivity contribution in [3.8, 4) is 17.5 Å². The van der Waals surface area contributed by atoms with Crippen LogP contribution in [0.3, 0.4) is 0 Å². The van der Waals surface area contributed by atoms with Crippen molar-refractivity contribution < 1.29 is 9.18 Å². The lowest BCUT2D eigenvalue weighted by atomic mass is 10.1. The van der Waals surface area contributed by atoms with Crippen LogP contribution in [0.4, 0.5) is 10.1 Å². The van der Waals surface area contributed by atoms with Gasteiger partial charge >= 0.3 is 0 Å². The van der Waals surface area contributed by atoms with Gasteiger partial charge in [-0.15, -0.1) is 0 Å². The van der Waals surface area contributed by atoms with Gasteiger partial charge in [-0.25, -0.2) is 14.4 Å². The molecule has 1 aliphatic heterocycles. The first-order valence-electron chi connectivity index (χ1n) is 10.3. The second-order valence-electron chi connectivity index (χ2n) is 7.62. The number of halogens is 1. The lowest BCUT2D eigenvalue weighted by Gasteiger charge is -2.36. The maximum atomic E-state index is 13.2. The van der Waals surface area contributed by atoms with Crippen LogP contribution in [0.1, 0.15) is 16.1 Å². The maximum Gasteiger partial charge on any atom is 0.254 e. The summed E-state index contributed by atoms with van der Waals surface area (Å²) >= 11 is 0. The fourth-order valence-corrected chi connectivity index (χ4v) is 3.88. The molecule has 0 aliphatic carbocycles. The highest BCUT2D eigenvalue weighted by Gasteiger charge is 2.23. The summed E-state index contributed by atoms with van der Waals surface area (Å²) in [7, 11) is 0. The number of imidazole rings is 1. The summed E-state index contributed by atoms with van der Waals surface area (Å²) in [4.78, 5) is 29.0. The number of fused-ring (bicyclic) bond motifs is 1. The van der Waals surface area contributed by atoms with Crippen LogP contribution in [0.2, 0.25) is 0 Å². The van der Waals surface area contributed by atoms with Gasteiger partial charge in [-0.05, 0) is 54.6 Å². The number of hydrogen-bond acceptors (Lipinski definition) is 5.